The van der Waals surface area contributed by atoms with Crippen LogP contribution in [-0.4, -0.2) is 98.0 Å². The summed E-state index contributed by atoms with van der Waals surface area (Å²) in [5, 5.41) is 22.3. The van der Waals surface area contributed by atoms with Crippen LogP contribution in [0.5, 0.6) is 5.75 Å². The Labute approximate surface area is 480 Å². The molecule has 83 heavy (non-hydrogen) atoms. The van der Waals surface area contributed by atoms with E-state index in [1.54, 1.807) is 42.6 Å². The molecule has 13 rings (SSSR count). The second kappa shape index (κ2) is 26.1. The molecule has 3 N–H and O–H groups in total. The largest absolute Gasteiger partial charge is 0.508 e. The van der Waals surface area contributed by atoms with E-state index in [1.807, 2.05) is 145 Å². The van der Waals surface area contributed by atoms with Gasteiger partial charge in [-0.2, -0.15) is 0 Å². The highest BCUT2D eigenvalue weighted by atomic mass is 16.5. The van der Waals surface area contributed by atoms with Gasteiger partial charge in [0.05, 0.1) is 30.9 Å². The second-order valence-electron chi connectivity index (χ2n) is 19.8. The van der Waals surface area contributed by atoms with Crippen molar-refractivity contribution in [3.05, 3.63) is 276 Å². The Bertz CT molecular complexity index is 4160. The number of esters is 2. The quantitative estimate of drug-likeness (QED) is 0.107. The highest BCUT2D eigenvalue weighted by molar-refractivity contribution is 6.07. The third-order valence-corrected chi connectivity index (χ3v) is 14.7. The molecule has 1 saturated heterocycles. The molecule has 0 unspecified atom stereocenters. The van der Waals surface area contributed by atoms with Crippen molar-refractivity contribution in [1.29, 1.82) is 0 Å². The summed E-state index contributed by atoms with van der Waals surface area (Å²) in [4.78, 5) is 54.8. The van der Waals surface area contributed by atoms with Crippen molar-refractivity contribution in [1.82, 2.24) is 23.6 Å². The van der Waals surface area contributed by atoms with Crippen LogP contribution in [0.15, 0.2) is 237 Å². The number of H-pyrrole nitrogens is 1. The van der Waals surface area contributed by atoms with Gasteiger partial charge in [-0.3, -0.25) is 4.79 Å². The molecule has 1 aliphatic rings. The number of phenols is 1. The molecule has 0 spiro atoms. The number of aromatic amines is 1. The van der Waals surface area contributed by atoms with E-state index in [2.05, 4.69) is 83.0 Å². The van der Waals surface area contributed by atoms with Crippen LogP contribution >= 0.6 is 0 Å². The Morgan fingerprint density at radius 1 is 0.434 bits per heavy atom. The number of benzene rings is 8. The number of aromatic carboxylic acids is 1. The fraction of sp³-hybridized carbons (Fsp3) is 0.130. The molecule has 0 radical (unpaired) electrons. The van der Waals surface area contributed by atoms with Gasteiger partial charge in [0.1, 0.15) is 5.75 Å². The molecular weight excluding hydrogens is 1040 g/mol. The Hall–Kier alpha value is -10.6. The molecule has 14 nitrogen and oxygen atoms in total. The summed E-state index contributed by atoms with van der Waals surface area (Å²) in [6.45, 7) is 5.24. The molecule has 1 amide bonds. The fourth-order valence-corrected chi connectivity index (χ4v) is 10.5. The van der Waals surface area contributed by atoms with Crippen molar-refractivity contribution in [3.8, 4) is 5.75 Å². The molecular formula is C69H62N6O8. The zero-order valence-electron chi connectivity index (χ0n) is 46.0. The Morgan fingerprint density at radius 2 is 0.843 bits per heavy atom. The number of aromatic hydroxyl groups is 1. The second-order valence-corrected chi connectivity index (χ2v) is 19.8. The minimum atomic E-state index is -0.886. The molecule has 12 aromatic rings. The molecule has 8 aromatic carbocycles. The first-order chi connectivity index (χ1) is 40.6. The van der Waals surface area contributed by atoms with Gasteiger partial charge in [-0.1, -0.05) is 115 Å². The van der Waals surface area contributed by atoms with Gasteiger partial charge in [0.15, 0.2) is 0 Å². The minimum absolute atomic E-state index is 0.0911. The number of ether oxygens (including phenoxy) is 2. The summed E-state index contributed by atoms with van der Waals surface area (Å²) in [7, 11) is 2.79. The van der Waals surface area contributed by atoms with Gasteiger partial charge in [-0.05, 0) is 114 Å². The van der Waals surface area contributed by atoms with Crippen molar-refractivity contribution in [2.45, 2.75) is 19.6 Å². The molecule has 14 heteroatoms. The van der Waals surface area contributed by atoms with Crippen LogP contribution in [0.25, 0.3) is 43.6 Å². The van der Waals surface area contributed by atoms with Crippen LogP contribution in [0, 0.1) is 0 Å². The van der Waals surface area contributed by atoms with Crippen LogP contribution in [0.4, 0.5) is 5.69 Å². The summed E-state index contributed by atoms with van der Waals surface area (Å²) < 4.78 is 15.9. The van der Waals surface area contributed by atoms with Gasteiger partial charge in [0.2, 0.25) is 0 Å². The lowest BCUT2D eigenvalue weighted by molar-refractivity contribution is 0.0594. The number of amides is 1. The molecule has 416 valence electrons. The smallest absolute Gasteiger partial charge is 0.338 e. The fourth-order valence-electron chi connectivity index (χ4n) is 10.5. The number of nitrogens with one attached hydrogen (secondary N) is 1. The number of methoxy groups -OCH3 is 2. The van der Waals surface area contributed by atoms with Gasteiger partial charge in [-0.15, -0.1) is 0 Å². The molecule has 1 aliphatic heterocycles. The predicted molar refractivity (Wildman–Crippen MR) is 327 cm³/mol. The van der Waals surface area contributed by atoms with Crippen LogP contribution in [0.2, 0.25) is 0 Å². The minimum Gasteiger partial charge on any atom is -0.508 e. The van der Waals surface area contributed by atoms with Crippen molar-refractivity contribution < 1.29 is 38.9 Å². The molecule has 1 fully saturated rings. The van der Waals surface area contributed by atoms with Crippen molar-refractivity contribution >= 4 is 73.1 Å². The van der Waals surface area contributed by atoms with Crippen LogP contribution in [0.1, 0.15) is 58.1 Å². The van der Waals surface area contributed by atoms with E-state index < -0.39 is 5.97 Å². The summed E-state index contributed by atoms with van der Waals surface area (Å²) in [6, 6.07) is 68.3. The maximum absolute atomic E-state index is 13.3. The number of carboxylic acid groups (broad SMARTS) is 1. The number of piperazine rings is 1. The van der Waals surface area contributed by atoms with Gasteiger partial charge in [0.25, 0.3) is 5.91 Å². The van der Waals surface area contributed by atoms with Gasteiger partial charge in [0, 0.05) is 125 Å². The number of fused-ring (bicyclic) bond motifs is 4. The summed E-state index contributed by atoms with van der Waals surface area (Å²) in [6.07, 6.45) is 7.81. The van der Waals surface area contributed by atoms with Crippen LogP contribution in [0.3, 0.4) is 0 Å². The van der Waals surface area contributed by atoms with E-state index in [9.17, 15) is 29.4 Å². The first-order valence-corrected chi connectivity index (χ1v) is 27.2. The Morgan fingerprint density at radius 3 is 1.30 bits per heavy atom. The first-order valence-electron chi connectivity index (χ1n) is 27.2. The van der Waals surface area contributed by atoms with Crippen LogP contribution in [-0.2, 0) is 29.1 Å². The van der Waals surface area contributed by atoms with E-state index in [0.717, 1.165) is 87.6 Å². The average molecular weight is 1100 g/mol. The topological polar surface area (TPSA) is 164 Å². The standard InChI is InChI=1S/C26H25N3O2.C17H15NO2.C16H13NO2.C10H9NO2/c30-22-11-9-21(10-12-22)27-15-17-28(18-16-27)26(31)24-7-4-8-25-23(24)13-14-29(25)19-20-5-2-1-3-6-20;1-20-17(19)15-8-5-9-16-14(15)10-11-18(16)12-13-6-3-2-4-7-13;18-16(19)14-7-4-8-15-13(14)9-10-17(15)11-12-5-2-1-3-6-12;1-13-10(12)8-3-2-4-9-7(8)5-6-11-9/h1-14,30H,15-19H2;2-11H,12H2,1H3;1-10H,11H2,(H,18,19);2-6,11H,1H3. The average Bonchev–Trinajstić information content (AvgIpc) is 4.39. The lowest BCUT2D eigenvalue weighted by atomic mass is 10.1. The zero-order chi connectivity index (χ0) is 57.7. The van der Waals surface area contributed by atoms with E-state index in [-0.39, 0.29) is 23.6 Å². The molecule has 0 saturated carbocycles. The zero-order valence-corrected chi connectivity index (χ0v) is 46.0. The number of phenolic OH excluding ortho intramolecular Hbond substituents is 1. The highest BCUT2D eigenvalue weighted by Crippen LogP contribution is 2.27. The molecule has 0 bridgehead atoms. The van der Waals surface area contributed by atoms with E-state index in [1.165, 1.54) is 30.9 Å². The predicted octanol–water partition coefficient (Wildman–Crippen LogP) is 13.2. The number of hydrogen-bond acceptors (Lipinski definition) is 8. The monoisotopic (exact) mass is 1100 g/mol. The number of hydrogen-bond donors (Lipinski definition) is 3. The maximum atomic E-state index is 13.3. The van der Waals surface area contributed by atoms with E-state index in [0.29, 0.717) is 29.8 Å². The Balaban J connectivity index is 0.000000130. The summed E-state index contributed by atoms with van der Waals surface area (Å²) in [5.74, 6) is -1.13. The van der Waals surface area contributed by atoms with Gasteiger partial charge < -0.3 is 48.2 Å². The van der Waals surface area contributed by atoms with Crippen molar-refractivity contribution in [2.24, 2.45) is 0 Å². The first kappa shape index (κ1) is 55.7. The Kier molecular flexibility index (Phi) is 17.5. The number of rotatable bonds is 11. The summed E-state index contributed by atoms with van der Waals surface area (Å²) >= 11 is 0. The number of nitrogens with zero attached hydrogens (tertiary/aromatic N) is 5. The third kappa shape index (κ3) is 13.0. The molecule has 0 atom stereocenters. The number of anilines is 1. The molecule has 0 aliphatic carbocycles. The van der Waals surface area contributed by atoms with E-state index in [4.69, 9.17) is 4.74 Å². The number of carbonyl (C=O) groups is 4. The third-order valence-electron chi connectivity index (χ3n) is 14.7. The van der Waals surface area contributed by atoms with Crippen molar-refractivity contribution in [2.75, 3.05) is 45.3 Å². The van der Waals surface area contributed by atoms with Gasteiger partial charge >= 0.3 is 17.9 Å². The van der Waals surface area contributed by atoms with Crippen molar-refractivity contribution in [3.63, 3.8) is 0 Å². The highest BCUT2D eigenvalue weighted by Gasteiger charge is 2.24. The maximum Gasteiger partial charge on any atom is 0.338 e. The lowest BCUT2D eigenvalue weighted by Gasteiger charge is -2.36. The van der Waals surface area contributed by atoms with Crippen LogP contribution < -0.4 is 4.90 Å². The number of aromatic nitrogens is 4. The number of carboxylic acids is 1. The van der Waals surface area contributed by atoms with Gasteiger partial charge in [-0.25, -0.2) is 14.4 Å². The molecule has 4 aromatic heterocycles. The molecule has 5 heterocycles. The van der Waals surface area contributed by atoms with E-state index >= 15 is 0 Å². The number of carbonyl (C=O) groups excluding carboxylic acids is 3. The SMILES string of the molecule is COC(=O)c1cccc2[nH]ccc12.COC(=O)c1cccc2c1ccn2Cc1ccccc1.O=C(O)c1cccc2c1ccn2Cc1ccccc1.O=C(c1cccc2c1ccn2Cc1ccccc1)N1CCN(c2ccc(O)cc2)CC1. The normalized spacial score (nSPS) is 11.9. The summed E-state index contributed by atoms with van der Waals surface area (Å²) in [5.41, 5.74) is 11.1. The lowest BCUT2D eigenvalue weighted by Crippen LogP contribution is -2.48.